The number of amides is 1. The summed E-state index contributed by atoms with van der Waals surface area (Å²) in [5, 5.41) is 7.41. The first-order valence-electron chi connectivity index (χ1n) is 7.45. The molecule has 1 N–H and O–H groups in total. The van der Waals surface area contributed by atoms with Crippen molar-refractivity contribution in [2.45, 2.75) is 19.4 Å². The Hall–Kier alpha value is -2.73. The second-order valence-electron chi connectivity index (χ2n) is 5.15. The van der Waals surface area contributed by atoms with E-state index in [-0.39, 0.29) is 12.3 Å². The summed E-state index contributed by atoms with van der Waals surface area (Å²) in [5.74, 6) is 0.843. The van der Waals surface area contributed by atoms with Gasteiger partial charge in [-0.2, -0.15) is 4.98 Å². The van der Waals surface area contributed by atoms with Gasteiger partial charge >= 0.3 is 0 Å². The van der Waals surface area contributed by atoms with Crippen LogP contribution in [0.2, 0.25) is 5.02 Å². The SMILES string of the molecule is O=C(CCc1nc(-c2ccc(Cl)cc2)no1)NCc1ccncc1. The molecule has 24 heavy (non-hydrogen) atoms. The number of pyridine rings is 1. The van der Waals surface area contributed by atoms with Crippen LogP contribution in [0.5, 0.6) is 0 Å². The monoisotopic (exact) mass is 342 g/mol. The van der Waals surface area contributed by atoms with E-state index in [0.717, 1.165) is 11.1 Å². The summed E-state index contributed by atoms with van der Waals surface area (Å²) >= 11 is 5.85. The average Bonchev–Trinajstić information content (AvgIpc) is 3.09. The average molecular weight is 343 g/mol. The van der Waals surface area contributed by atoms with Crippen LogP contribution in [0.15, 0.2) is 53.3 Å². The van der Waals surface area contributed by atoms with Crippen molar-refractivity contribution >= 4 is 17.5 Å². The van der Waals surface area contributed by atoms with Gasteiger partial charge in [0, 0.05) is 42.4 Å². The predicted octanol–water partition coefficient (Wildman–Crippen LogP) is 3.03. The summed E-state index contributed by atoms with van der Waals surface area (Å²) in [6.45, 7) is 0.473. The molecule has 122 valence electrons. The number of carbonyl (C=O) groups excluding carboxylic acids is 1. The summed E-state index contributed by atoms with van der Waals surface area (Å²) in [4.78, 5) is 20.1. The number of rotatable bonds is 6. The van der Waals surface area contributed by atoms with E-state index in [2.05, 4.69) is 20.4 Å². The largest absolute Gasteiger partial charge is 0.352 e. The van der Waals surface area contributed by atoms with Crippen LogP contribution in [0, 0.1) is 0 Å². The molecule has 3 rings (SSSR count). The van der Waals surface area contributed by atoms with Crippen LogP contribution < -0.4 is 5.32 Å². The zero-order valence-corrected chi connectivity index (χ0v) is 13.5. The number of aromatic nitrogens is 3. The molecule has 0 saturated carbocycles. The van der Waals surface area contributed by atoms with Crippen molar-refractivity contribution in [3.63, 3.8) is 0 Å². The van der Waals surface area contributed by atoms with Crippen molar-refractivity contribution in [2.75, 3.05) is 0 Å². The zero-order chi connectivity index (χ0) is 16.8. The minimum Gasteiger partial charge on any atom is -0.352 e. The lowest BCUT2D eigenvalue weighted by atomic mass is 10.2. The number of aryl methyl sites for hydroxylation is 1. The molecule has 1 aromatic carbocycles. The highest BCUT2D eigenvalue weighted by Gasteiger charge is 2.10. The van der Waals surface area contributed by atoms with Crippen LogP contribution >= 0.6 is 11.6 Å². The van der Waals surface area contributed by atoms with Gasteiger partial charge in [-0.3, -0.25) is 9.78 Å². The third kappa shape index (κ3) is 4.39. The van der Waals surface area contributed by atoms with Gasteiger partial charge in [0.25, 0.3) is 0 Å². The van der Waals surface area contributed by atoms with E-state index in [9.17, 15) is 4.79 Å². The van der Waals surface area contributed by atoms with Gasteiger partial charge in [-0.05, 0) is 42.0 Å². The molecule has 0 bridgehead atoms. The molecule has 0 aliphatic rings. The molecule has 0 saturated heterocycles. The Morgan fingerprint density at radius 3 is 2.62 bits per heavy atom. The van der Waals surface area contributed by atoms with E-state index in [4.69, 9.17) is 16.1 Å². The first-order valence-corrected chi connectivity index (χ1v) is 7.82. The fourth-order valence-corrected chi connectivity index (χ4v) is 2.21. The highest BCUT2D eigenvalue weighted by atomic mass is 35.5. The van der Waals surface area contributed by atoms with Crippen LogP contribution in [0.3, 0.4) is 0 Å². The van der Waals surface area contributed by atoms with E-state index in [0.29, 0.717) is 29.7 Å². The van der Waals surface area contributed by atoms with Gasteiger partial charge in [-0.25, -0.2) is 0 Å². The number of benzene rings is 1. The maximum absolute atomic E-state index is 11.9. The summed E-state index contributed by atoms with van der Waals surface area (Å²) in [6.07, 6.45) is 4.06. The lowest BCUT2D eigenvalue weighted by molar-refractivity contribution is -0.121. The van der Waals surface area contributed by atoms with Crippen LogP contribution in [0.25, 0.3) is 11.4 Å². The molecule has 2 heterocycles. The number of hydrogen-bond donors (Lipinski definition) is 1. The normalized spacial score (nSPS) is 10.5. The summed E-state index contributed by atoms with van der Waals surface area (Å²) in [5.41, 5.74) is 1.82. The van der Waals surface area contributed by atoms with Crippen molar-refractivity contribution in [1.82, 2.24) is 20.4 Å². The van der Waals surface area contributed by atoms with Crippen molar-refractivity contribution in [1.29, 1.82) is 0 Å². The fourth-order valence-electron chi connectivity index (χ4n) is 2.08. The minimum absolute atomic E-state index is 0.0712. The third-order valence-corrected chi connectivity index (χ3v) is 3.63. The number of halogens is 1. The molecule has 0 radical (unpaired) electrons. The van der Waals surface area contributed by atoms with Gasteiger partial charge < -0.3 is 9.84 Å². The Morgan fingerprint density at radius 1 is 1.12 bits per heavy atom. The first kappa shape index (κ1) is 16.1. The zero-order valence-electron chi connectivity index (χ0n) is 12.8. The van der Waals surface area contributed by atoms with Gasteiger partial charge in [0.15, 0.2) is 0 Å². The molecular formula is C17H15ClN4O2. The molecule has 1 amide bonds. The Kier molecular flexibility index (Phi) is 5.18. The number of nitrogens with zero attached hydrogens (tertiary/aromatic N) is 3. The van der Waals surface area contributed by atoms with E-state index in [1.165, 1.54) is 0 Å². The molecule has 0 unspecified atom stereocenters. The maximum Gasteiger partial charge on any atom is 0.227 e. The standard InChI is InChI=1S/C17H15ClN4O2/c18-14-3-1-13(2-4-14)17-21-16(24-22-17)6-5-15(23)20-11-12-7-9-19-10-8-12/h1-4,7-10H,5-6,11H2,(H,20,23). The lowest BCUT2D eigenvalue weighted by Crippen LogP contribution is -2.23. The topological polar surface area (TPSA) is 80.9 Å². The Morgan fingerprint density at radius 2 is 1.88 bits per heavy atom. The van der Waals surface area contributed by atoms with Crippen molar-refractivity contribution in [3.05, 3.63) is 65.3 Å². The molecule has 0 spiro atoms. The molecular weight excluding hydrogens is 328 g/mol. The highest BCUT2D eigenvalue weighted by molar-refractivity contribution is 6.30. The number of nitrogens with one attached hydrogen (secondary N) is 1. The molecule has 3 aromatic rings. The smallest absolute Gasteiger partial charge is 0.227 e. The molecule has 0 atom stereocenters. The molecule has 6 nitrogen and oxygen atoms in total. The van der Waals surface area contributed by atoms with Gasteiger partial charge in [0.1, 0.15) is 0 Å². The van der Waals surface area contributed by atoms with Crippen LogP contribution in [-0.4, -0.2) is 21.0 Å². The van der Waals surface area contributed by atoms with E-state index >= 15 is 0 Å². The van der Waals surface area contributed by atoms with Gasteiger partial charge in [0.2, 0.25) is 17.6 Å². The van der Waals surface area contributed by atoms with Crippen molar-refractivity contribution in [2.24, 2.45) is 0 Å². The number of hydrogen-bond acceptors (Lipinski definition) is 5. The van der Waals surface area contributed by atoms with E-state index in [1.54, 1.807) is 24.5 Å². The fraction of sp³-hybridized carbons (Fsp3) is 0.176. The van der Waals surface area contributed by atoms with E-state index < -0.39 is 0 Å². The second-order valence-corrected chi connectivity index (χ2v) is 5.59. The Balaban J connectivity index is 1.50. The van der Waals surface area contributed by atoms with Crippen LogP contribution in [0.1, 0.15) is 17.9 Å². The van der Waals surface area contributed by atoms with Crippen molar-refractivity contribution in [3.8, 4) is 11.4 Å². The second kappa shape index (κ2) is 7.70. The van der Waals surface area contributed by atoms with Gasteiger partial charge in [-0.15, -0.1) is 0 Å². The first-order chi connectivity index (χ1) is 11.7. The third-order valence-electron chi connectivity index (χ3n) is 3.38. The predicted molar refractivity (Wildman–Crippen MR) is 89.1 cm³/mol. The van der Waals surface area contributed by atoms with Crippen LogP contribution in [0.4, 0.5) is 0 Å². The lowest BCUT2D eigenvalue weighted by Gasteiger charge is -2.03. The minimum atomic E-state index is -0.0712. The summed E-state index contributed by atoms with van der Waals surface area (Å²) in [7, 11) is 0. The number of carbonyl (C=O) groups is 1. The molecule has 2 aromatic heterocycles. The molecule has 0 fully saturated rings. The molecule has 0 aliphatic carbocycles. The quantitative estimate of drug-likeness (QED) is 0.744. The van der Waals surface area contributed by atoms with Crippen LogP contribution in [-0.2, 0) is 17.8 Å². The summed E-state index contributed by atoms with van der Waals surface area (Å²) < 4.78 is 5.18. The molecule has 0 aliphatic heterocycles. The van der Waals surface area contributed by atoms with E-state index in [1.807, 2.05) is 24.3 Å². The Labute approximate surface area is 143 Å². The van der Waals surface area contributed by atoms with Crippen molar-refractivity contribution < 1.29 is 9.32 Å². The molecule has 7 heteroatoms. The summed E-state index contributed by atoms with van der Waals surface area (Å²) in [6, 6.07) is 10.9. The van der Waals surface area contributed by atoms with Gasteiger partial charge in [-0.1, -0.05) is 16.8 Å². The maximum atomic E-state index is 11.9. The Bertz CT molecular complexity index is 803. The highest BCUT2D eigenvalue weighted by Crippen LogP contribution is 2.18. The van der Waals surface area contributed by atoms with Gasteiger partial charge in [0.05, 0.1) is 0 Å².